The standard InChI is InChI=1S/C15H13IN2O/c1-10-8-12(16)7-6-11(10)9-18-14-5-3-2-4-13(14)15(17)19/h2-9H,1H3,(H2,17,19). The fourth-order valence-electron chi connectivity index (χ4n) is 1.72. The average molecular weight is 364 g/mol. The highest BCUT2D eigenvalue weighted by Gasteiger charge is 2.05. The van der Waals surface area contributed by atoms with Gasteiger partial charge < -0.3 is 5.73 Å². The summed E-state index contributed by atoms with van der Waals surface area (Å²) >= 11 is 2.27. The highest BCUT2D eigenvalue weighted by molar-refractivity contribution is 14.1. The van der Waals surface area contributed by atoms with Gasteiger partial charge >= 0.3 is 0 Å². The molecule has 0 aliphatic heterocycles. The molecule has 0 radical (unpaired) electrons. The van der Waals surface area contributed by atoms with Crippen LogP contribution in [0, 0.1) is 10.5 Å². The molecule has 0 aliphatic rings. The van der Waals surface area contributed by atoms with Gasteiger partial charge in [0.05, 0.1) is 11.3 Å². The number of nitrogens with zero attached hydrogens (tertiary/aromatic N) is 1. The maximum atomic E-state index is 11.3. The molecule has 0 aliphatic carbocycles. The Morgan fingerprint density at radius 1 is 1.26 bits per heavy atom. The van der Waals surface area contributed by atoms with Gasteiger partial charge in [-0.3, -0.25) is 9.79 Å². The second-order valence-corrected chi connectivity index (χ2v) is 5.39. The smallest absolute Gasteiger partial charge is 0.250 e. The molecule has 0 aromatic heterocycles. The Kier molecular flexibility index (Phi) is 4.31. The Hall–Kier alpha value is -1.69. The Balaban J connectivity index is 2.35. The Bertz CT molecular complexity index is 650. The van der Waals surface area contributed by atoms with E-state index in [2.05, 4.69) is 33.6 Å². The normalized spacial score (nSPS) is 10.8. The van der Waals surface area contributed by atoms with Crippen molar-refractivity contribution in [2.24, 2.45) is 10.7 Å². The third kappa shape index (κ3) is 3.41. The van der Waals surface area contributed by atoms with Crippen molar-refractivity contribution in [1.82, 2.24) is 0 Å². The predicted octanol–water partition coefficient (Wildman–Crippen LogP) is 3.45. The largest absolute Gasteiger partial charge is 0.366 e. The zero-order chi connectivity index (χ0) is 13.8. The lowest BCUT2D eigenvalue weighted by molar-refractivity contribution is 0.100. The van der Waals surface area contributed by atoms with E-state index < -0.39 is 5.91 Å². The number of amides is 1. The van der Waals surface area contributed by atoms with E-state index in [0.717, 1.165) is 11.1 Å². The zero-order valence-electron chi connectivity index (χ0n) is 10.4. The van der Waals surface area contributed by atoms with Crippen molar-refractivity contribution in [2.45, 2.75) is 6.92 Å². The maximum Gasteiger partial charge on any atom is 0.250 e. The van der Waals surface area contributed by atoms with Crippen molar-refractivity contribution in [1.29, 1.82) is 0 Å². The number of rotatable bonds is 3. The van der Waals surface area contributed by atoms with Crippen molar-refractivity contribution < 1.29 is 4.79 Å². The Labute approximate surface area is 125 Å². The highest BCUT2D eigenvalue weighted by Crippen LogP contribution is 2.19. The van der Waals surface area contributed by atoms with Gasteiger partial charge in [-0.15, -0.1) is 0 Å². The number of carbonyl (C=O) groups excluding carboxylic acids is 1. The van der Waals surface area contributed by atoms with Crippen LogP contribution in [0.3, 0.4) is 0 Å². The summed E-state index contributed by atoms with van der Waals surface area (Å²) in [6.07, 6.45) is 1.76. The summed E-state index contributed by atoms with van der Waals surface area (Å²) in [6, 6.07) is 13.2. The van der Waals surface area contributed by atoms with E-state index in [9.17, 15) is 4.79 Å². The first-order chi connectivity index (χ1) is 9.08. The van der Waals surface area contributed by atoms with Gasteiger partial charge in [-0.2, -0.15) is 0 Å². The number of halogens is 1. The van der Waals surface area contributed by atoms with Crippen molar-refractivity contribution in [3.8, 4) is 0 Å². The minimum absolute atomic E-state index is 0.432. The quantitative estimate of drug-likeness (QED) is 0.658. The molecule has 96 valence electrons. The summed E-state index contributed by atoms with van der Waals surface area (Å²) in [7, 11) is 0. The van der Waals surface area contributed by atoms with Crippen LogP contribution in [-0.2, 0) is 0 Å². The Morgan fingerprint density at radius 2 is 2.00 bits per heavy atom. The SMILES string of the molecule is Cc1cc(I)ccc1C=Nc1ccccc1C(N)=O. The van der Waals surface area contributed by atoms with Gasteiger partial charge in [0.1, 0.15) is 0 Å². The molecule has 2 aromatic carbocycles. The molecule has 4 heteroatoms. The number of nitrogens with two attached hydrogens (primary N) is 1. The number of aryl methyl sites for hydroxylation is 1. The molecule has 0 heterocycles. The lowest BCUT2D eigenvalue weighted by Crippen LogP contribution is -2.10. The zero-order valence-corrected chi connectivity index (χ0v) is 12.6. The van der Waals surface area contributed by atoms with E-state index in [1.165, 1.54) is 3.57 Å². The molecule has 0 atom stereocenters. The minimum atomic E-state index is -0.466. The van der Waals surface area contributed by atoms with E-state index in [1.807, 2.05) is 25.1 Å². The number of carbonyl (C=O) groups is 1. The van der Waals surface area contributed by atoms with E-state index in [4.69, 9.17) is 5.73 Å². The van der Waals surface area contributed by atoms with Gasteiger partial charge in [0, 0.05) is 9.78 Å². The average Bonchev–Trinajstić information content (AvgIpc) is 2.38. The van der Waals surface area contributed by atoms with Crippen LogP contribution in [0.25, 0.3) is 0 Å². The second kappa shape index (κ2) is 5.97. The summed E-state index contributed by atoms with van der Waals surface area (Å²) in [4.78, 5) is 15.7. The molecule has 0 spiro atoms. The molecule has 2 rings (SSSR count). The minimum Gasteiger partial charge on any atom is -0.366 e. The maximum absolute atomic E-state index is 11.3. The topological polar surface area (TPSA) is 55.4 Å². The molecule has 0 saturated carbocycles. The molecule has 3 nitrogen and oxygen atoms in total. The van der Waals surface area contributed by atoms with E-state index in [1.54, 1.807) is 24.4 Å². The molecule has 2 N–H and O–H groups in total. The predicted molar refractivity (Wildman–Crippen MR) is 86.1 cm³/mol. The molecule has 0 saturated heterocycles. The molecule has 0 fully saturated rings. The van der Waals surface area contributed by atoms with Gasteiger partial charge in [-0.25, -0.2) is 0 Å². The van der Waals surface area contributed by atoms with Crippen molar-refractivity contribution in [3.63, 3.8) is 0 Å². The molecular weight excluding hydrogens is 351 g/mol. The van der Waals surface area contributed by atoms with Gasteiger partial charge in [0.2, 0.25) is 0 Å². The van der Waals surface area contributed by atoms with Crippen molar-refractivity contribution >= 4 is 40.4 Å². The van der Waals surface area contributed by atoms with Crippen LogP contribution >= 0.6 is 22.6 Å². The van der Waals surface area contributed by atoms with Crippen LogP contribution in [0.2, 0.25) is 0 Å². The van der Waals surface area contributed by atoms with Gasteiger partial charge in [-0.05, 0) is 64.9 Å². The fourth-order valence-corrected chi connectivity index (χ4v) is 2.36. The van der Waals surface area contributed by atoms with Gasteiger partial charge in [0.25, 0.3) is 5.91 Å². The number of hydrogen-bond acceptors (Lipinski definition) is 2. The van der Waals surface area contributed by atoms with Crippen LogP contribution in [0.4, 0.5) is 5.69 Å². The van der Waals surface area contributed by atoms with Crippen LogP contribution in [-0.4, -0.2) is 12.1 Å². The first-order valence-corrected chi connectivity index (χ1v) is 6.85. The molecule has 2 aromatic rings. The third-order valence-electron chi connectivity index (χ3n) is 2.74. The van der Waals surface area contributed by atoms with Gasteiger partial charge in [-0.1, -0.05) is 18.2 Å². The molecule has 1 amide bonds. The van der Waals surface area contributed by atoms with E-state index >= 15 is 0 Å². The number of hydrogen-bond donors (Lipinski definition) is 1. The first kappa shape index (κ1) is 13.7. The molecule has 0 bridgehead atoms. The van der Waals surface area contributed by atoms with Crippen LogP contribution in [0.1, 0.15) is 21.5 Å². The number of primary amides is 1. The van der Waals surface area contributed by atoms with E-state index in [0.29, 0.717) is 11.3 Å². The van der Waals surface area contributed by atoms with Crippen molar-refractivity contribution in [2.75, 3.05) is 0 Å². The lowest BCUT2D eigenvalue weighted by atomic mass is 10.1. The Morgan fingerprint density at radius 3 is 2.68 bits per heavy atom. The first-order valence-electron chi connectivity index (χ1n) is 5.77. The van der Waals surface area contributed by atoms with Crippen molar-refractivity contribution in [3.05, 3.63) is 62.7 Å². The van der Waals surface area contributed by atoms with Crippen LogP contribution in [0.5, 0.6) is 0 Å². The number of para-hydroxylation sites is 1. The summed E-state index contributed by atoms with van der Waals surface area (Å²) in [6.45, 7) is 2.03. The van der Waals surface area contributed by atoms with Crippen LogP contribution in [0.15, 0.2) is 47.5 Å². The summed E-state index contributed by atoms with van der Waals surface area (Å²) in [5, 5.41) is 0. The second-order valence-electron chi connectivity index (χ2n) is 4.14. The van der Waals surface area contributed by atoms with Crippen LogP contribution < -0.4 is 5.73 Å². The molecular formula is C15H13IN2O. The fraction of sp³-hybridized carbons (Fsp3) is 0.0667. The van der Waals surface area contributed by atoms with E-state index in [-0.39, 0.29) is 0 Å². The monoisotopic (exact) mass is 364 g/mol. The molecule has 0 unspecified atom stereocenters. The van der Waals surface area contributed by atoms with Gasteiger partial charge in [0.15, 0.2) is 0 Å². The summed E-state index contributed by atoms with van der Waals surface area (Å²) in [5.41, 5.74) is 8.52. The number of benzene rings is 2. The number of aliphatic imine (C=N–C) groups is 1. The third-order valence-corrected chi connectivity index (χ3v) is 3.42. The lowest BCUT2D eigenvalue weighted by Gasteiger charge is -2.02. The molecule has 19 heavy (non-hydrogen) atoms. The summed E-state index contributed by atoms with van der Waals surface area (Å²) in [5.74, 6) is -0.466. The summed E-state index contributed by atoms with van der Waals surface area (Å²) < 4.78 is 1.18. The highest BCUT2D eigenvalue weighted by atomic mass is 127.